The minimum Gasteiger partial charge on any atom is -0.388 e. The van der Waals surface area contributed by atoms with E-state index < -0.39 is 17.7 Å². The average Bonchev–Trinajstić information content (AvgIpc) is 3.29. The van der Waals surface area contributed by atoms with E-state index in [2.05, 4.69) is 0 Å². The molecular weight excluding hydrogens is 258 g/mol. The molecule has 1 fully saturated rings. The molecule has 1 unspecified atom stereocenters. The Balaban J connectivity index is 1.74. The van der Waals surface area contributed by atoms with Crippen molar-refractivity contribution in [2.45, 2.75) is 31.3 Å². The summed E-state index contributed by atoms with van der Waals surface area (Å²) in [6.45, 7) is 0. The molecule has 0 aliphatic heterocycles. The number of halogens is 2. The lowest BCUT2D eigenvalue weighted by atomic mass is 9.99. The topological polar surface area (TPSA) is 20.2 Å². The molecule has 1 aliphatic carbocycles. The van der Waals surface area contributed by atoms with Crippen LogP contribution in [-0.4, -0.2) is 5.11 Å². The standard InChI is InChI=1S/C17H16F2O/c18-15-3-1-2-14(17(15)19)10-16(20)13-8-6-12(7-9-13)11-4-5-11/h1-3,6-9,11,16,20H,4-5,10H2. The van der Waals surface area contributed by atoms with Gasteiger partial charge in [0.1, 0.15) is 0 Å². The van der Waals surface area contributed by atoms with E-state index in [9.17, 15) is 13.9 Å². The Morgan fingerprint density at radius 1 is 1.05 bits per heavy atom. The van der Waals surface area contributed by atoms with Crippen molar-refractivity contribution in [3.05, 3.63) is 70.8 Å². The van der Waals surface area contributed by atoms with Crippen molar-refractivity contribution in [3.63, 3.8) is 0 Å². The average molecular weight is 274 g/mol. The molecule has 1 N–H and O–H groups in total. The maximum Gasteiger partial charge on any atom is 0.162 e. The molecule has 1 nitrogen and oxygen atoms in total. The minimum atomic E-state index is -0.876. The van der Waals surface area contributed by atoms with Crippen molar-refractivity contribution in [2.24, 2.45) is 0 Å². The fraction of sp³-hybridized carbons (Fsp3) is 0.294. The van der Waals surface area contributed by atoms with Crippen molar-refractivity contribution in [2.75, 3.05) is 0 Å². The Labute approximate surface area is 116 Å². The van der Waals surface area contributed by atoms with E-state index in [1.807, 2.05) is 24.3 Å². The van der Waals surface area contributed by atoms with Gasteiger partial charge in [-0.2, -0.15) is 0 Å². The van der Waals surface area contributed by atoms with Crippen LogP contribution in [0.5, 0.6) is 0 Å². The maximum atomic E-state index is 13.6. The van der Waals surface area contributed by atoms with E-state index in [1.54, 1.807) is 0 Å². The number of rotatable bonds is 4. The van der Waals surface area contributed by atoms with Crippen LogP contribution in [0.1, 0.15) is 41.6 Å². The molecule has 2 aromatic carbocycles. The van der Waals surface area contributed by atoms with Gasteiger partial charge >= 0.3 is 0 Å². The van der Waals surface area contributed by atoms with Crippen molar-refractivity contribution >= 4 is 0 Å². The van der Waals surface area contributed by atoms with Crippen molar-refractivity contribution in [1.82, 2.24) is 0 Å². The van der Waals surface area contributed by atoms with Crippen molar-refractivity contribution < 1.29 is 13.9 Å². The lowest BCUT2D eigenvalue weighted by Gasteiger charge is -2.12. The molecule has 1 atom stereocenters. The third-order valence-electron chi connectivity index (χ3n) is 3.81. The molecule has 0 spiro atoms. The van der Waals surface area contributed by atoms with Crippen LogP contribution in [0, 0.1) is 11.6 Å². The summed E-state index contributed by atoms with van der Waals surface area (Å²) in [6.07, 6.45) is 1.72. The molecule has 20 heavy (non-hydrogen) atoms. The quantitative estimate of drug-likeness (QED) is 0.889. The second kappa shape index (κ2) is 5.33. The van der Waals surface area contributed by atoms with Crippen LogP contribution < -0.4 is 0 Å². The summed E-state index contributed by atoms with van der Waals surface area (Å²) in [5.41, 5.74) is 2.22. The number of aliphatic hydroxyl groups excluding tert-OH is 1. The zero-order chi connectivity index (χ0) is 14.1. The zero-order valence-electron chi connectivity index (χ0n) is 11.0. The first-order chi connectivity index (χ1) is 9.65. The predicted molar refractivity (Wildman–Crippen MR) is 73.4 cm³/mol. The van der Waals surface area contributed by atoms with Crippen LogP contribution in [0.4, 0.5) is 8.78 Å². The maximum absolute atomic E-state index is 13.6. The Hall–Kier alpha value is -1.74. The molecule has 0 heterocycles. The summed E-state index contributed by atoms with van der Waals surface area (Å²) in [5.74, 6) is -1.08. The largest absolute Gasteiger partial charge is 0.388 e. The van der Waals surface area contributed by atoms with Crippen molar-refractivity contribution in [3.8, 4) is 0 Å². The van der Waals surface area contributed by atoms with Crippen LogP contribution in [0.15, 0.2) is 42.5 Å². The van der Waals surface area contributed by atoms with E-state index in [-0.39, 0.29) is 12.0 Å². The van der Waals surface area contributed by atoms with E-state index in [1.165, 1.54) is 30.5 Å². The van der Waals surface area contributed by atoms with Crippen LogP contribution in [-0.2, 0) is 6.42 Å². The second-order valence-electron chi connectivity index (χ2n) is 5.37. The zero-order valence-corrected chi connectivity index (χ0v) is 11.0. The number of hydrogen-bond donors (Lipinski definition) is 1. The SMILES string of the molecule is OC(Cc1cccc(F)c1F)c1ccc(C2CC2)cc1. The molecule has 3 heteroatoms. The van der Waals surface area contributed by atoms with Gasteiger partial charge in [-0.25, -0.2) is 8.78 Å². The van der Waals surface area contributed by atoms with E-state index in [0.717, 1.165) is 11.6 Å². The Morgan fingerprint density at radius 2 is 1.75 bits per heavy atom. The van der Waals surface area contributed by atoms with Crippen LogP contribution in [0.2, 0.25) is 0 Å². The third kappa shape index (κ3) is 2.73. The molecular formula is C17H16F2O. The lowest BCUT2D eigenvalue weighted by Crippen LogP contribution is -2.04. The second-order valence-corrected chi connectivity index (χ2v) is 5.37. The minimum absolute atomic E-state index is 0.0758. The van der Waals surface area contributed by atoms with E-state index in [4.69, 9.17) is 0 Å². The molecule has 104 valence electrons. The monoisotopic (exact) mass is 274 g/mol. The number of benzene rings is 2. The fourth-order valence-electron chi connectivity index (χ4n) is 2.44. The Kier molecular flexibility index (Phi) is 3.53. The first-order valence-corrected chi connectivity index (χ1v) is 6.86. The molecule has 2 aromatic rings. The first kappa shape index (κ1) is 13.3. The van der Waals surface area contributed by atoms with Gasteiger partial charge in [0, 0.05) is 6.42 Å². The molecule has 0 aromatic heterocycles. The van der Waals surface area contributed by atoms with Gasteiger partial charge in [-0.05, 0) is 41.5 Å². The highest BCUT2D eigenvalue weighted by molar-refractivity contribution is 5.30. The lowest BCUT2D eigenvalue weighted by molar-refractivity contribution is 0.177. The summed E-state index contributed by atoms with van der Waals surface area (Å²) in [5, 5.41) is 10.1. The smallest absolute Gasteiger partial charge is 0.162 e. The summed E-state index contributed by atoms with van der Waals surface area (Å²) in [7, 11) is 0. The van der Waals surface area contributed by atoms with E-state index in [0.29, 0.717) is 5.92 Å². The summed E-state index contributed by atoms with van der Waals surface area (Å²) >= 11 is 0. The Morgan fingerprint density at radius 3 is 2.40 bits per heavy atom. The van der Waals surface area contributed by atoms with Crippen molar-refractivity contribution in [1.29, 1.82) is 0 Å². The van der Waals surface area contributed by atoms with Gasteiger partial charge in [0.05, 0.1) is 6.10 Å². The number of aliphatic hydroxyl groups is 1. The highest BCUT2D eigenvalue weighted by Crippen LogP contribution is 2.40. The van der Waals surface area contributed by atoms with Crippen LogP contribution in [0.3, 0.4) is 0 Å². The molecule has 1 aliphatic rings. The third-order valence-corrected chi connectivity index (χ3v) is 3.81. The molecule has 0 radical (unpaired) electrons. The highest BCUT2D eigenvalue weighted by atomic mass is 19.2. The fourth-order valence-corrected chi connectivity index (χ4v) is 2.44. The predicted octanol–water partition coefficient (Wildman–Crippen LogP) is 4.12. The van der Waals surface area contributed by atoms with Gasteiger partial charge in [0.2, 0.25) is 0 Å². The molecule has 1 saturated carbocycles. The molecule has 3 rings (SSSR count). The van der Waals surface area contributed by atoms with Crippen LogP contribution in [0.25, 0.3) is 0 Å². The summed E-state index contributed by atoms with van der Waals surface area (Å²) in [6, 6.07) is 11.8. The molecule has 0 bridgehead atoms. The Bertz CT molecular complexity index is 603. The van der Waals surface area contributed by atoms with Gasteiger partial charge in [0.15, 0.2) is 11.6 Å². The summed E-state index contributed by atoms with van der Waals surface area (Å²) < 4.78 is 26.7. The van der Waals surface area contributed by atoms with Gasteiger partial charge < -0.3 is 5.11 Å². The number of hydrogen-bond acceptors (Lipinski definition) is 1. The first-order valence-electron chi connectivity index (χ1n) is 6.86. The van der Waals surface area contributed by atoms with Gasteiger partial charge in [0.25, 0.3) is 0 Å². The van der Waals surface area contributed by atoms with Gasteiger partial charge in [-0.1, -0.05) is 36.4 Å². The highest BCUT2D eigenvalue weighted by Gasteiger charge is 2.23. The normalized spacial score (nSPS) is 16.1. The van der Waals surface area contributed by atoms with Gasteiger partial charge in [-0.3, -0.25) is 0 Å². The molecule has 0 amide bonds. The summed E-state index contributed by atoms with van der Waals surface area (Å²) in [4.78, 5) is 0. The van der Waals surface area contributed by atoms with E-state index >= 15 is 0 Å². The molecule has 0 saturated heterocycles. The van der Waals surface area contributed by atoms with Gasteiger partial charge in [-0.15, -0.1) is 0 Å². The van der Waals surface area contributed by atoms with Crippen LogP contribution >= 0.6 is 0 Å².